The summed E-state index contributed by atoms with van der Waals surface area (Å²) in [5.74, 6) is 0. The molecule has 2 N–H and O–H groups in total. The second kappa shape index (κ2) is 3.87. The summed E-state index contributed by atoms with van der Waals surface area (Å²) in [4.78, 5) is 0. The first-order valence-electron chi connectivity index (χ1n) is 3.37. The molecular weight excluding hydrogens is 117 g/mol. The molecule has 52 valence electrons. The van der Waals surface area contributed by atoms with E-state index in [4.69, 9.17) is 15.0 Å². The lowest BCUT2D eigenvalue weighted by Crippen LogP contribution is -2.31. The summed E-state index contributed by atoms with van der Waals surface area (Å²) >= 11 is 0. The van der Waals surface area contributed by atoms with Gasteiger partial charge < -0.3 is 15.0 Å². The van der Waals surface area contributed by atoms with E-state index in [0.717, 1.165) is 26.0 Å². The lowest BCUT2D eigenvalue weighted by Gasteiger charge is -2.18. The van der Waals surface area contributed by atoms with Crippen molar-refractivity contribution in [3.8, 4) is 0 Å². The Labute approximate surface area is 55.7 Å². The fourth-order valence-corrected chi connectivity index (χ4v) is 0.839. The molecule has 1 aliphatic rings. The molecule has 4 heteroatoms. The SMILES string of the molecule is NCCB1OCCCO1. The molecule has 0 aliphatic carbocycles. The summed E-state index contributed by atoms with van der Waals surface area (Å²) in [7, 11) is -0.0243. The van der Waals surface area contributed by atoms with E-state index in [2.05, 4.69) is 0 Å². The molecule has 0 atom stereocenters. The molecule has 1 aliphatic heterocycles. The van der Waals surface area contributed by atoms with E-state index in [1.54, 1.807) is 0 Å². The minimum absolute atomic E-state index is 0.0243. The van der Waals surface area contributed by atoms with Crippen LogP contribution in [0.15, 0.2) is 0 Å². The van der Waals surface area contributed by atoms with Gasteiger partial charge in [-0.3, -0.25) is 0 Å². The van der Waals surface area contributed by atoms with Crippen molar-refractivity contribution in [2.45, 2.75) is 12.7 Å². The maximum atomic E-state index is 5.30. The van der Waals surface area contributed by atoms with Crippen molar-refractivity contribution in [3.63, 3.8) is 0 Å². The van der Waals surface area contributed by atoms with Gasteiger partial charge in [0.1, 0.15) is 0 Å². The molecule has 0 unspecified atom stereocenters. The van der Waals surface area contributed by atoms with Gasteiger partial charge in [0.2, 0.25) is 0 Å². The van der Waals surface area contributed by atoms with Crippen LogP contribution in [0, 0.1) is 0 Å². The van der Waals surface area contributed by atoms with Crippen molar-refractivity contribution in [1.29, 1.82) is 0 Å². The van der Waals surface area contributed by atoms with Crippen molar-refractivity contribution < 1.29 is 9.31 Å². The normalized spacial score (nSPS) is 20.3. The monoisotopic (exact) mass is 129 g/mol. The van der Waals surface area contributed by atoms with Gasteiger partial charge in [-0.25, -0.2) is 0 Å². The highest BCUT2D eigenvalue weighted by molar-refractivity contribution is 6.44. The molecule has 0 aromatic rings. The quantitative estimate of drug-likeness (QED) is 0.528. The Balaban J connectivity index is 2.08. The van der Waals surface area contributed by atoms with E-state index in [9.17, 15) is 0 Å². The van der Waals surface area contributed by atoms with Crippen LogP contribution >= 0.6 is 0 Å². The second-order valence-electron chi connectivity index (χ2n) is 2.10. The Morgan fingerprint density at radius 1 is 1.33 bits per heavy atom. The molecule has 3 nitrogen and oxygen atoms in total. The van der Waals surface area contributed by atoms with Gasteiger partial charge in [-0.15, -0.1) is 0 Å². The van der Waals surface area contributed by atoms with Crippen molar-refractivity contribution >= 4 is 7.12 Å². The molecule has 9 heavy (non-hydrogen) atoms. The third-order valence-electron chi connectivity index (χ3n) is 1.30. The topological polar surface area (TPSA) is 44.5 Å². The predicted molar refractivity (Wildman–Crippen MR) is 36.1 cm³/mol. The molecule has 0 amide bonds. The molecule has 1 fully saturated rings. The van der Waals surface area contributed by atoms with E-state index in [0.29, 0.717) is 6.54 Å². The zero-order chi connectivity index (χ0) is 6.53. The van der Waals surface area contributed by atoms with Crippen LogP contribution in [0.1, 0.15) is 6.42 Å². The molecule has 1 rings (SSSR count). The summed E-state index contributed by atoms with van der Waals surface area (Å²) in [5, 5.41) is 0. The van der Waals surface area contributed by atoms with Crippen LogP contribution in [0.5, 0.6) is 0 Å². The highest BCUT2D eigenvalue weighted by atomic mass is 16.6. The van der Waals surface area contributed by atoms with Crippen LogP contribution in [0.4, 0.5) is 0 Å². The Morgan fingerprint density at radius 3 is 2.56 bits per heavy atom. The first-order chi connectivity index (χ1) is 4.43. The van der Waals surface area contributed by atoms with E-state index >= 15 is 0 Å². The van der Waals surface area contributed by atoms with E-state index in [1.807, 2.05) is 0 Å². The van der Waals surface area contributed by atoms with Crippen LogP contribution in [-0.4, -0.2) is 26.9 Å². The molecule has 0 aromatic heterocycles. The third kappa shape index (κ3) is 2.34. The van der Waals surface area contributed by atoms with Gasteiger partial charge in [0.15, 0.2) is 0 Å². The Hall–Kier alpha value is -0.0551. The van der Waals surface area contributed by atoms with Crippen molar-refractivity contribution in [3.05, 3.63) is 0 Å². The largest absolute Gasteiger partial charge is 0.458 e. The summed E-state index contributed by atoms with van der Waals surface area (Å²) in [6.45, 7) is 2.29. The summed E-state index contributed by atoms with van der Waals surface area (Å²) in [6.07, 6.45) is 1.83. The standard InChI is InChI=1S/C5H12BNO2/c7-3-2-6-8-4-1-5-9-6/h1-5,7H2. The van der Waals surface area contributed by atoms with Gasteiger partial charge in [-0.2, -0.15) is 0 Å². The second-order valence-corrected chi connectivity index (χ2v) is 2.10. The first-order valence-corrected chi connectivity index (χ1v) is 3.37. The number of rotatable bonds is 2. The summed E-state index contributed by atoms with van der Waals surface area (Å²) in [5.41, 5.74) is 5.30. The van der Waals surface area contributed by atoms with Gasteiger partial charge >= 0.3 is 7.12 Å². The zero-order valence-corrected chi connectivity index (χ0v) is 5.51. The van der Waals surface area contributed by atoms with Gasteiger partial charge in [0, 0.05) is 13.2 Å². The average Bonchev–Trinajstić information content (AvgIpc) is 1.91. The van der Waals surface area contributed by atoms with Crippen LogP contribution in [0.2, 0.25) is 6.32 Å². The molecule has 0 saturated carbocycles. The van der Waals surface area contributed by atoms with Crippen molar-refractivity contribution in [2.24, 2.45) is 5.73 Å². The number of hydrogen-bond acceptors (Lipinski definition) is 3. The van der Waals surface area contributed by atoms with Crippen LogP contribution in [-0.2, 0) is 9.31 Å². The predicted octanol–water partition coefficient (Wildman–Crippen LogP) is -0.130. The lowest BCUT2D eigenvalue weighted by atomic mass is 9.84. The summed E-state index contributed by atoms with van der Waals surface area (Å²) < 4.78 is 10.4. The van der Waals surface area contributed by atoms with Crippen LogP contribution in [0.25, 0.3) is 0 Å². The smallest absolute Gasteiger partial charge is 0.411 e. The Bertz CT molecular complexity index is 72.6. The fraction of sp³-hybridized carbons (Fsp3) is 1.00. The minimum atomic E-state index is -0.0243. The van der Waals surface area contributed by atoms with Gasteiger partial charge in [0.25, 0.3) is 0 Å². The fourth-order valence-electron chi connectivity index (χ4n) is 0.839. The Morgan fingerprint density at radius 2 is 2.00 bits per heavy atom. The molecule has 1 heterocycles. The van der Waals surface area contributed by atoms with E-state index in [-0.39, 0.29) is 7.12 Å². The molecular formula is C5H12BNO2. The zero-order valence-electron chi connectivity index (χ0n) is 5.51. The molecule has 0 radical (unpaired) electrons. The van der Waals surface area contributed by atoms with Crippen molar-refractivity contribution in [1.82, 2.24) is 0 Å². The van der Waals surface area contributed by atoms with Crippen LogP contribution in [0.3, 0.4) is 0 Å². The van der Waals surface area contributed by atoms with Crippen LogP contribution < -0.4 is 5.73 Å². The summed E-state index contributed by atoms with van der Waals surface area (Å²) in [6, 6.07) is 0. The Kier molecular flexibility index (Phi) is 3.04. The van der Waals surface area contributed by atoms with Crippen molar-refractivity contribution in [2.75, 3.05) is 19.8 Å². The maximum Gasteiger partial charge on any atom is 0.458 e. The van der Waals surface area contributed by atoms with E-state index < -0.39 is 0 Å². The third-order valence-corrected chi connectivity index (χ3v) is 1.30. The molecule has 0 spiro atoms. The van der Waals surface area contributed by atoms with Gasteiger partial charge in [-0.05, 0) is 19.3 Å². The highest BCUT2D eigenvalue weighted by Gasteiger charge is 2.19. The molecule has 0 bridgehead atoms. The van der Waals surface area contributed by atoms with Gasteiger partial charge in [-0.1, -0.05) is 0 Å². The first kappa shape index (κ1) is 7.06. The number of hydrogen-bond donors (Lipinski definition) is 1. The molecule has 0 aromatic carbocycles. The number of nitrogens with two attached hydrogens (primary N) is 1. The highest BCUT2D eigenvalue weighted by Crippen LogP contribution is 2.03. The lowest BCUT2D eigenvalue weighted by molar-refractivity contribution is 0.134. The van der Waals surface area contributed by atoms with Gasteiger partial charge in [0.05, 0.1) is 0 Å². The minimum Gasteiger partial charge on any atom is -0.411 e. The molecule has 1 saturated heterocycles. The average molecular weight is 129 g/mol. The maximum absolute atomic E-state index is 5.30. The van der Waals surface area contributed by atoms with E-state index in [1.165, 1.54) is 0 Å².